The average Bonchev–Trinajstić information content (AvgIpc) is 2.57. The summed E-state index contributed by atoms with van der Waals surface area (Å²) in [5.41, 5.74) is 3.12. The maximum atomic E-state index is 8.82. The van der Waals surface area contributed by atoms with Crippen molar-refractivity contribution in [3.63, 3.8) is 0 Å². The quantitative estimate of drug-likeness (QED) is 0.721. The first-order valence-electron chi connectivity index (χ1n) is 5.65. The molecule has 1 aliphatic rings. The van der Waals surface area contributed by atoms with Gasteiger partial charge in [-0.25, -0.2) is 0 Å². The third-order valence-electron chi connectivity index (χ3n) is 2.89. The molecule has 1 aliphatic heterocycles. The van der Waals surface area contributed by atoms with E-state index in [9.17, 15) is 0 Å². The van der Waals surface area contributed by atoms with Crippen LogP contribution in [0.1, 0.15) is 17.5 Å². The first kappa shape index (κ1) is 11.0. The van der Waals surface area contributed by atoms with Gasteiger partial charge in [0, 0.05) is 25.4 Å². The second-order valence-corrected chi connectivity index (χ2v) is 4.07. The van der Waals surface area contributed by atoms with Crippen LogP contribution >= 0.6 is 0 Å². The molecule has 16 heavy (non-hydrogen) atoms. The monoisotopic (exact) mass is 216 g/mol. The fourth-order valence-electron chi connectivity index (χ4n) is 2.07. The number of aryl methyl sites for hydroxylation is 1. The van der Waals surface area contributed by atoms with Crippen LogP contribution in [0.5, 0.6) is 0 Å². The molecule has 0 aliphatic carbocycles. The minimum atomic E-state index is 0.729. The van der Waals surface area contributed by atoms with Gasteiger partial charge in [-0.3, -0.25) is 0 Å². The largest absolute Gasteiger partial charge is 0.380 e. The Morgan fingerprint density at radius 2 is 2.19 bits per heavy atom. The van der Waals surface area contributed by atoms with E-state index in [1.807, 2.05) is 18.2 Å². The lowest BCUT2D eigenvalue weighted by molar-refractivity contribution is 0.152. The number of benzene rings is 1. The lowest BCUT2D eigenvalue weighted by atomic mass is 10.1. The summed E-state index contributed by atoms with van der Waals surface area (Å²) in [7, 11) is 0. The van der Waals surface area contributed by atoms with Gasteiger partial charge < -0.3 is 9.64 Å². The fourth-order valence-corrected chi connectivity index (χ4v) is 2.07. The van der Waals surface area contributed by atoms with Gasteiger partial charge in [-0.05, 0) is 37.1 Å². The van der Waals surface area contributed by atoms with Gasteiger partial charge in [0.25, 0.3) is 0 Å². The molecule has 0 spiro atoms. The van der Waals surface area contributed by atoms with Crippen molar-refractivity contribution in [2.75, 3.05) is 31.2 Å². The number of nitriles is 1. The Labute approximate surface area is 96.2 Å². The predicted octanol–water partition coefficient (Wildman–Crippen LogP) is 2.09. The van der Waals surface area contributed by atoms with Crippen molar-refractivity contribution in [2.45, 2.75) is 13.3 Å². The van der Waals surface area contributed by atoms with Gasteiger partial charge in [0.15, 0.2) is 0 Å². The van der Waals surface area contributed by atoms with E-state index in [1.165, 1.54) is 11.3 Å². The third-order valence-corrected chi connectivity index (χ3v) is 2.89. The fraction of sp³-hybridized carbons (Fsp3) is 0.462. The molecule has 1 aromatic carbocycles. The molecule has 0 saturated carbocycles. The highest BCUT2D eigenvalue weighted by Crippen LogP contribution is 2.22. The molecule has 0 bridgehead atoms. The summed E-state index contributed by atoms with van der Waals surface area (Å²) in [5, 5.41) is 8.82. The van der Waals surface area contributed by atoms with E-state index >= 15 is 0 Å². The van der Waals surface area contributed by atoms with Gasteiger partial charge in [-0.1, -0.05) is 0 Å². The molecule has 3 heteroatoms. The van der Waals surface area contributed by atoms with Gasteiger partial charge in [0.2, 0.25) is 0 Å². The normalized spacial score (nSPS) is 16.6. The molecule has 0 amide bonds. The zero-order valence-electron chi connectivity index (χ0n) is 9.57. The molecule has 1 saturated heterocycles. The Morgan fingerprint density at radius 3 is 2.94 bits per heavy atom. The summed E-state index contributed by atoms with van der Waals surface area (Å²) in [6, 6.07) is 8.04. The molecule has 0 atom stereocenters. The van der Waals surface area contributed by atoms with E-state index in [4.69, 9.17) is 10.00 Å². The molecule has 0 aromatic heterocycles. The number of nitrogens with zero attached hydrogens (tertiary/aromatic N) is 2. The summed E-state index contributed by atoms with van der Waals surface area (Å²) in [6.45, 7) is 5.67. The van der Waals surface area contributed by atoms with E-state index in [-0.39, 0.29) is 0 Å². The highest BCUT2D eigenvalue weighted by atomic mass is 16.5. The summed E-state index contributed by atoms with van der Waals surface area (Å²) in [5.74, 6) is 0. The molecule has 3 nitrogen and oxygen atoms in total. The molecular weight excluding hydrogens is 200 g/mol. The Morgan fingerprint density at radius 1 is 1.31 bits per heavy atom. The van der Waals surface area contributed by atoms with E-state index in [1.54, 1.807) is 0 Å². The molecule has 0 radical (unpaired) electrons. The van der Waals surface area contributed by atoms with E-state index in [2.05, 4.69) is 17.9 Å². The van der Waals surface area contributed by atoms with Crippen LogP contribution < -0.4 is 4.90 Å². The molecule has 84 valence electrons. The SMILES string of the molecule is Cc1cc(C#N)ccc1N1CCCOCC1. The van der Waals surface area contributed by atoms with E-state index in [0.29, 0.717) is 0 Å². The minimum Gasteiger partial charge on any atom is -0.380 e. The molecule has 0 N–H and O–H groups in total. The summed E-state index contributed by atoms with van der Waals surface area (Å²) in [6.07, 6.45) is 1.07. The molecule has 1 aromatic rings. The van der Waals surface area contributed by atoms with E-state index < -0.39 is 0 Å². The Kier molecular flexibility index (Phi) is 3.43. The van der Waals surface area contributed by atoms with E-state index in [0.717, 1.165) is 38.3 Å². The summed E-state index contributed by atoms with van der Waals surface area (Å²) in [4.78, 5) is 2.34. The Balaban J connectivity index is 2.22. The smallest absolute Gasteiger partial charge is 0.0991 e. The second-order valence-electron chi connectivity index (χ2n) is 4.07. The van der Waals surface area contributed by atoms with Crippen LogP contribution in [0.3, 0.4) is 0 Å². The highest BCUT2D eigenvalue weighted by molar-refractivity contribution is 5.56. The summed E-state index contributed by atoms with van der Waals surface area (Å²) < 4.78 is 5.44. The zero-order valence-corrected chi connectivity index (χ0v) is 9.57. The molecular formula is C13H16N2O. The molecule has 1 heterocycles. The van der Waals surface area contributed by atoms with Crippen molar-refractivity contribution in [2.24, 2.45) is 0 Å². The highest BCUT2D eigenvalue weighted by Gasteiger charge is 2.12. The second kappa shape index (κ2) is 5.00. The maximum absolute atomic E-state index is 8.82. The standard InChI is InChI=1S/C13H16N2O/c1-11-9-12(10-14)3-4-13(11)15-5-2-7-16-8-6-15/h3-4,9H,2,5-8H2,1H3. The van der Waals surface area contributed by atoms with Crippen molar-refractivity contribution >= 4 is 5.69 Å². The van der Waals surface area contributed by atoms with Crippen molar-refractivity contribution in [1.29, 1.82) is 5.26 Å². The van der Waals surface area contributed by atoms with Gasteiger partial charge >= 0.3 is 0 Å². The van der Waals surface area contributed by atoms with Crippen LogP contribution in [-0.4, -0.2) is 26.3 Å². The van der Waals surface area contributed by atoms with Crippen LogP contribution in [-0.2, 0) is 4.74 Å². The van der Waals surface area contributed by atoms with Crippen molar-refractivity contribution in [3.05, 3.63) is 29.3 Å². The molecule has 2 rings (SSSR count). The number of anilines is 1. The maximum Gasteiger partial charge on any atom is 0.0991 e. The number of rotatable bonds is 1. The Bertz CT molecular complexity index is 401. The summed E-state index contributed by atoms with van der Waals surface area (Å²) >= 11 is 0. The van der Waals surface area contributed by atoms with Crippen molar-refractivity contribution in [3.8, 4) is 6.07 Å². The van der Waals surface area contributed by atoms with Crippen molar-refractivity contribution < 1.29 is 4.74 Å². The average molecular weight is 216 g/mol. The van der Waals surface area contributed by atoms with Crippen LogP contribution in [0, 0.1) is 18.3 Å². The lowest BCUT2D eigenvalue weighted by Gasteiger charge is -2.23. The predicted molar refractivity (Wildman–Crippen MR) is 63.5 cm³/mol. The lowest BCUT2D eigenvalue weighted by Crippen LogP contribution is -2.26. The van der Waals surface area contributed by atoms with Crippen LogP contribution in [0.2, 0.25) is 0 Å². The zero-order chi connectivity index (χ0) is 11.4. The first-order chi connectivity index (χ1) is 7.81. The minimum absolute atomic E-state index is 0.729. The van der Waals surface area contributed by atoms with Crippen LogP contribution in [0.15, 0.2) is 18.2 Å². The molecule has 1 fully saturated rings. The number of hydrogen-bond donors (Lipinski definition) is 0. The number of ether oxygens (including phenoxy) is 1. The van der Waals surface area contributed by atoms with Crippen molar-refractivity contribution in [1.82, 2.24) is 0 Å². The number of hydrogen-bond acceptors (Lipinski definition) is 3. The Hall–Kier alpha value is -1.53. The van der Waals surface area contributed by atoms with Crippen LogP contribution in [0.25, 0.3) is 0 Å². The van der Waals surface area contributed by atoms with Gasteiger partial charge in [-0.2, -0.15) is 5.26 Å². The van der Waals surface area contributed by atoms with Gasteiger partial charge in [-0.15, -0.1) is 0 Å². The molecule has 0 unspecified atom stereocenters. The van der Waals surface area contributed by atoms with Crippen LogP contribution in [0.4, 0.5) is 5.69 Å². The van der Waals surface area contributed by atoms with Gasteiger partial charge in [0.05, 0.1) is 18.2 Å². The first-order valence-corrected chi connectivity index (χ1v) is 5.65. The topological polar surface area (TPSA) is 36.3 Å². The van der Waals surface area contributed by atoms with Gasteiger partial charge in [0.1, 0.15) is 0 Å². The third kappa shape index (κ3) is 2.34.